The van der Waals surface area contributed by atoms with Crippen molar-refractivity contribution in [1.82, 2.24) is 0 Å². The summed E-state index contributed by atoms with van der Waals surface area (Å²) >= 11 is 5.25. The van der Waals surface area contributed by atoms with E-state index in [1.54, 1.807) is 0 Å². The molecule has 0 aromatic heterocycles. The molecule has 0 aromatic rings. The smallest absolute Gasteiger partial charge is 0.298 e. The zero-order valence-corrected chi connectivity index (χ0v) is 17.3. The first-order valence-electron chi connectivity index (χ1n) is 6.82. The zero-order valence-electron chi connectivity index (χ0n) is 14.3. The first kappa shape index (κ1) is 31.6. The second-order valence-electron chi connectivity index (χ2n) is 4.43. The van der Waals surface area contributed by atoms with Crippen molar-refractivity contribution >= 4 is 33.3 Å². The van der Waals surface area contributed by atoms with Gasteiger partial charge in [0.25, 0.3) is 0 Å². The predicted octanol–water partition coefficient (Wildman–Crippen LogP) is 3.21. The summed E-state index contributed by atoms with van der Waals surface area (Å²) in [7, 11) is -5.84. The van der Waals surface area contributed by atoms with E-state index in [2.05, 4.69) is 0 Å². The van der Waals surface area contributed by atoms with Crippen LogP contribution in [0.1, 0.15) is 13.8 Å². The molecule has 2 fully saturated rings. The molecule has 0 bridgehead atoms. The third-order valence-electron chi connectivity index (χ3n) is 2.12. The summed E-state index contributed by atoms with van der Waals surface area (Å²) < 4.78 is 57.5. The summed E-state index contributed by atoms with van der Waals surface area (Å²) in [6, 6.07) is 0. The number of Topliss-reactive ketones (excluding diaryl/α,β-unsaturated/α-hetero) is 2. The Kier molecular flexibility index (Phi) is 19.7. The standard InChI is InChI=1S/C5H7ClO2.2C5H5.CHF3O3S.V/c1-3(7)5(6)4(2)8;2*1-2-4-5-3-1;2-1(3,4)8(5,6)7;/h5H,1-2H3;2*1-5H;(H,5,6,7);/q;;;;+4. The average molecular weight is 466 g/mol. The van der Waals surface area contributed by atoms with Gasteiger partial charge >= 0.3 is 34.2 Å². The fourth-order valence-corrected chi connectivity index (χ4v) is 0.928. The molecule has 2 saturated carbocycles. The van der Waals surface area contributed by atoms with Gasteiger partial charge in [-0.1, -0.05) is 0 Å². The number of hydrogen-bond acceptors (Lipinski definition) is 4. The number of rotatable bonds is 2. The van der Waals surface area contributed by atoms with E-state index < -0.39 is 21.0 Å². The van der Waals surface area contributed by atoms with Gasteiger partial charge in [-0.25, -0.2) is 0 Å². The van der Waals surface area contributed by atoms with Crippen LogP contribution in [-0.2, 0) is 38.3 Å². The van der Waals surface area contributed by atoms with Crippen LogP contribution >= 0.6 is 11.6 Å². The molecule has 0 saturated heterocycles. The van der Waals surface area contributed by atoms with E-state index in [9.17, 15) is 22.8 Å². The zero-order chi connectivity index (χ0) is 20.8. The molecule has 2 aliphatic carbocycles. The molecule has 0 aromatic carbocycles. The van der Waals surface area contributed by atoms with E-state index in [-0.39, 0.29) is 30.1 Å². The minimum Gasteiger partial charge on any atom is -0.298 e. The quantitative estimate of drug-likeness (QED) is 0.293. The maximum Gasteiger partial charge on any atom is 4.00 e. The van der Waals surface area contributed by atoms with Crippen LogP contribution in [0.15, 0.2) is 0 Å². The number of ketones is 2. The maximum absolute atomic E-state index is 10.7. The van der Waals surface area contributed by atoms with Gasteiger partial charge in [-0.05, 0) is 78.1 Å². The van der Waals surface area contributed by atoms with Crippen LogP contribution in [0, 0.1) is 64.2 Å². The summed E-state index contributed by atoms with van der Waals surface area (Å²) in [5.74, 6) is -0.585. The van der Waals surface area contributed by atoms with Gasteiger partial charge in [0.15, 0.2) is 11.6 Å². The average Bonchev–Trinajstić information content (AvgIpc) is 3.22. The molecule has 5 nitrogen and oxygen atoms in total. The van der Waals surface area contributed by atoms with Gasteiger partial charge in [0.2, 0.25) is 0 Å². The van der Waals surface area contributed by atoms with Gasteiger partial charge in [0.05, 0.1) is 0 Å². The van der Waals surface area contributed by atoms with Gasteiger partial charge in [0.1, 0.15) is 5.38 Å². The Morgan fingerprint density at radius 2 is 0.963 bits per heavy atom. The van der Waals surface area contributed by atoms with Gasteiger partial charge < -0.3 is 0 Å². The van der Waals surface area contributed by atoms with E-state index >= 15 is 0 Å². The Labute approximate surface area is 176 Å². The van der Waals surface area contributed by atoms with Crippen molar-refractivity contribution in [3.05, 3.63) is 64.2 Å². The monoisotopic (exact) mass is 465 g/mol. The van der Waals surface area contributed by atoms with Crippen molar-refractivity contribution < 1.29 is 54.3 Å². The number of alkyl halides is 4. The maximum atomic E-state index is 10.7. The van der Waals surface area contributed by atoms with Crippen LogP contribution in [0.25, 0.3) is 0 Å². The van der Waals surface area contributed by atoms with Crippen molar-refractivity contribution in [1.29, 1.82) is 0 Å². The SMILES string of the molecule is CC(=O)C(Cl)C(C)=O.O=S(=O)(O)C(F)(F)F.[CH]1[CH][CH][CH][CH]1.[CH]1[CH][CH][CH][CH]1.[V+4]. The Balaban J connectivity index is -0.000000286. The normalized spacial score (nSPS) is 15.9. The number of halogens is 4. The van der Waals surface area contributed by atoms with Crippen molar-refractivity contribution in [2.24, 2.45) is 0 Å². The van der Waals surface area contributed by atoms with Gasteiger partial charge in [0, 0.05) is 0 Å². The minimum atomic E-state index is -5.84. The number of hydrogen-bond donors (Lipinski definition) is 1. The summed E-state index contributed by atoms with van der Waals surface area (Å²) in [5, 5.41) is -0.935. The molecule has 147 valence electrons. The Hall–Kier alpha value is -0.0856. The van der Waals surface area contributed by atoms with Crippen molar-refractivity contribution in [2.75, 3.05) is 0 Å². The molecule has 2 rings (SSSR count). The van der Waals surface area contributed by atoms with E-state index in [1.165, 1.54) is 13.8 Å². The van der Waals surface area contributed by atoms with Crippen LogP contribution < -0.4 is 0 Å². The molecule has 11 radical (unpaired) electrons. The Bertz CT molecular complexity index is 465. The van der Waals surface area contributed by atoms with Gasteiger partial charge in [-0.15, -0.1) is 11.6 Å². The molecule has 0 atom stereocenters. The Morgan fingerprint density at radius 3 is 1.00 bits per heavy atom. The molecular weight excluding hydrogens is 448 g/mol. The largest absolute Gasteiger partial charge is 4.00 e. The fraction of sp³-hybridized carbons (Fsp3) is 0.250. The summed E-state index contributed by atoms with van der Waals surface area (Å²) in [5.41, 5.74) is -5.53. The molecular formula is C16H18ClF3O5SV+4. The van der Waals surface area contributed by atoms with E-state index in [0.29, 0.717) is 0 Å². The predicted molar refractivity (Wildman–Crippen MR) is 91.6 cm³/mol. The molecule has 0 aliphatic heterocycles. The van der Waals surface area contributed by atoms with Crippen LogP contribution in [0.2, 0.25) is 0 Å². The number of carbonyl (C=O) groups is 2. The van der Waals surface area contributed by atoms with E-state index in [1.807, 2.05) is 64.2 Å². The fourth-order valence-electron chi connectivity index (χ4n) is 0.928. The molecule has 0 amide bonds. The van der Waals surface area contributed by atoms with Gasteiger partial charge in [-0.2, -0.15) is 21.6 Å². The third kappa shape index (κ3) is 20.5. The third-order valence-corrected chi connectivity index (χ3v) is 3.32. The molecule has 27 heavy (non-hydrogen) atoms. The number of carbonyl (C=O) groups excluding carboxylic acids is 2. The summed E-state index contributed by atoms with van der Waals surface area (Å²) in [6.45, 7) is 2.58. The summed E-state index contributed by atoms with van der Waals surface area (Å²) in [6.07, 6.45) is 20.0. The minimum absolute atomic E-state index is 0. The molecule has 11 heteroatoms. The molecule has 0 heterocycles. The molecule has 1 N–H and O–H groups in total. The second-order valence-corrected chi connectivity index (χ2v) is 6.28. The van der Waals surface area contributed by atoms with Crippen LogP contribution in [0.4, 0.5) is 13.2 Å². The first-order valence-corrected chi connectivity index (χ1v) is 8.70. The van der Waals surface area contributed by atoms with E-state index in [4.69, 9.17) is 24.6 Å². The van der Waals surface area contributed by atoms with Crippen molar-refractivity contribution in [3.63, 3.8) is 0 Å². The van der Waals surface area contributed by atoms with Crippen LogP contribution in [0.3, 0.4) is 0 Å². The first-order chi connectivity index (χ1) is 11.8. The molecule has 2 aliphatic rings. The summed E-state index contributed by atoms with van der Waals surface area (Å²) in [4.78, 5) is 20.5. The second kappa shape index (κ2) is 16.8. The van der Waals surface area contributed by atoms with Gasteiger partial charge in [-0.3, -0.25) is 14.1 Å². The Morgan fingerprint density at radius 1 is 0.815 bits per heavy atom. The van der Waals surface area contributed by atoms with Crippen molar-refractivity contribution in [2.45, 2.75) is 24.7 Å². The van der Waals surface area contributed by atoms with Crippen LogP contribution in [-0.4, -0.2) is 35.4 Å². The molecule has 0 unspecified atom stereocenters. The van der Waals surface area contributed by atoms with E-state index in [0.717, 1.165) is 0 Å². The molecule has 0 spiro atoms. The van der Waals surface area contributed by atoms with Crippen molar-refractivity contribution in [3.8, 4) is 0 Å². The topological polar surface area (TPSA) is 88.5 Å². The van der Waals surface area contributed by atoms with Crippen LogP contribution in [0.5, 0.6) is 0 Å².